The van der Waals surface area contributed by atoms with Gasteiger partial charge in [-0.05, 0) is 0 Å². The molecule has 6 rings (SSSR count). The highest BCUT2D eigenvalue weighted by atomic mass is 32.7. The second-order valence-electron chi connectivity index (χ2n) is 9.87. The predicted molar refractivity (Wildman–Crippen MR) is 150 cm³/mol. The number of aromatic amines is 1. The topological polar surface area (TPSA) is 235 Å². The van der Waals surface area contributed by atoms with Gasteiger partial charge in [0, 0.05) is 18.8 Å². The Kier molecular flexibility index (Phi) is 7.43. The van der Waals surface area contributed by atoms with Crippen molar-refractivity contribution in [2.24, 2.45) is 0 Å². The molecule has 6 heterocycles. The smallest absolute Gasteiger partial charge is 0.280 e. The minimum Gasteiger partial charge on any atom is -0.396 e. The van der Waals surface area contributed by atoms with Crippen LogP contribution in [0.4, 0.5) is 20.5 Å². The van der Waals surface area contributed by atoms with Gasteiger partial charge in [0.2, 0.25) is 5.95 Å². The zero-order chi connectivity index (χ0) is 30.0. The first kappa shape index (κ1) is 29.2. The molecular formula is C21H25F2N10O6PS2. The highest BCUT2D eigenvalue weighted by Crippen LogP contribution is 2.69. The van der Waals surface area contributed by atoms with Gasteiger partial charge < -0.3 is 35.5 Å². The maximum atomic E-state index is 16.3. The molecule has 2 aliphatic rings. The summed E-state index contributed by atoms with van der Waals surface area (Å²) < 4.78 is 59.6. The monoisotopic (exact) mass is 646 g/mol. The van der Waals surface area contributed by atoms with Gasteiger partial charge in [-0.25, -0.2) is 28.7 Å². The Bertz CT molecular complexity index is 1760. The highest BCUT2D eigenvalue weighted by molar-refractivity contribution is 8.46. The van der Waals surface area contributed by atoms with Gasteiger partial charge in [0.05, 0.1) is 24.6 Å². The van der Waals surface area contributed by atoms with Crippen molar-refractivity contribution in [3.05, 3.63) is 29.3 Å². The number of aliphatic hydroxyl groups is 2. The molecule has 7 N–H and O–H groups in total. The fraction of sp³-hybridized carbons (Fsp3) is 0.524. The molecular weight excluding hydrogens is 621 g/mol. The number of H-pyrrole nitrogens is 1. The van der Waals surface area contributed by atoms with Crippen LogP contribution in [0.2, 0.25) is 0 Å². The van der Waals surface area contributed by atoms with Gasteiger partial charge in [-0.3, -0.25) is 18.9 Å². The molecule has 0 aromatic carbocycles. The number of halogens is 2. The van der Waals surface area contributed by atoms with Crippen molar-refractivity contribution in [1.29, 1.82) is 0 Å². The van der Waals surface area contributed by atoms with Crippen molar-refractivity contribution >= 4 is 64.7 Å². The number of ether oxygens (including phenoxy) is 1. The Morgan fingerprint density at radius 2 is 1.98 bits per heavy atom. The summed E-state index contributed by atoms with van der Waals surface area (Å²) >= 11 is 5.29. The molecule has 2 fully saturated rings. The molecule has 0 saturated carbocycles. The van der Waals surface area contributed by atoms with Crippen molar-refractivity contribution in [3.63, 3.8) is 0 Å². The number of hydrogen-bond acceptors (Lipinski definition) is 14. The van der Waals surface area contributed by atoms with Gasteiger partial charge in [0.25, 0.3) is 12.1 Å². The number of rotatable bonds is 8. The van der Waals surface area contributed by atoms with E-state index in [1.807, 2.05) is 0 Å². The maximum Gasteiger partial charge on any atom is 0.280 e. The van der Waals surface area contributed by atoms with Crippen LogP contribution in [0.3, 0.4) is 0 Å². The van der Waals surface area contributed by atoms with Crippen LogP contribution < -0.4 is 17.0 Å². The van der Waals surface area contributed by atoms with E-state index >= 15 is 8.78 Å². The summed E-state index contributed by atoms with van der Waals surface area (Å²) in [5.74, 6) is -0.341. The molecule has 4 aromatic heterocycles. The van der Waals surface area contributed by atoms with Crippen molar-refractivity contribution < 1.29 is 32.8 Å². The zero-order valence-corrected chi connectivity index (χ0v) is 24.0. The number of nitrogens with two attached hydrogens (primary N) is 2. The van der Waals surface area contributed by atoms with E-state index in [4.69, 9.17) is 20.7 Å². The minimum atomic E-state index is -4.29. The lowest BCUT2D eigenvalue weighted by atomic mass is 10.00. The lowest BCUT2D eigenvalue weighted by Gasteiger charge is -2.33. The zero-order valence-electron chi connectivity index (χ0n) is 21.4. The highest BCUT2D eigenvalue weighted by Gasteiger charge is 2.59. The van der Waals surface area contributed by atoms with Gasteiger partial charge in [0.1, 0.15) is 35.4 Å². The standard InChI is InChI=1S/C21H25F2N10O6PS2/c22-9-12(35)8(39-18(9)32-6-28-10-14(24)26-5-27-15(10)32)3-38-40(37,41)13-19(42-4-21(13,23)1-2-34)33-7-29-11-16(33)30-20(25)31-17(11)36/h5-9,12-13,18-19,34-35H,1-4H2,(H,37,41)(H2,24,26,27)(H3,25,30,31,36)/t8-,9+,12-,13+,18-,19-,21-,40?/m1/s1. The number of thioether (sulfide) groups is 1. The second kappa shape index (κ2) is 10.7. The third kappa shape index (κ3) is 4.74. The van der Waals surface area contributed by atoms with Crippen LogP contribution in [0.5, 0.6) is 0 Å². The number of nitrogens with one attached hydrogen (secondary N) is 1. The van der Waals surface area contributed by atoms with Crippen LogP contribution in [0.15, 0.2) is 23.8 Å². The summed E-state index contributed by atoms with van der Waals surface area (Å²) in [6.45, 7) is -5.48. The number of thiol groups is 1. The summed E-state index contributed by atoms with van der Waals surface area (Å²) in [6.07, 6.45) is -3.17. The molecule has 0 amide bonds. The van der Waals surface area contributed by atoms with Gasteiger partial charge >= 0.3 is 0 Å². The average molecular weight is 647 g/mol. The second-order valence-corrected chi connectivity index (χ2v) is 14.6. The number of anilines is 2. The number of imidazole rings is 2. The molecule has 4 aromatic rings. The molecule has 16 nitrogen and oxygen atoms in total. The van der Waals surface area contributed by atoms with Crippen molar-refractivity contribution in [1.82, 2.24) is 39.0 Å². The van der Waals surface area contributed by atoms with Crippen LogP contribution in [0.1, 0.15) is 18.0 Å². The number of aliphatic hydroxyl groups excluding tert-OH is 2. The van der Waals surface area contributed by atoms with E-state index in [1.165, 1.54) is 28.1 Å². The van der Waals surface area contributed by atoms with Crippen molar-refractivity contribution in [2.75, 3.05) is 30.4 Å². The SMILES string of the molecule is Nc1nc2c(ncn2[C@@H]2SC[C@](F)(CCO)[C@H]2P(=O)(S)OC[C@H]2O[C@@H](n3cnc4c(N)ncnc43)[C@@H](F)[C@@H]2O)c(=O)[nH]1. The van der Waals surface area contributed by atoms with E-state index in [1.54, 1.807) is 0 Å². The average Bonchev–Trinajstić information content (AvgIpc) is 3.69. The minimum absolute atomic E-state index is 0.0231. The Balaban J connectivity index is 1.27. The molecule has 2 aliphatic heterocycles. The van der Waals surface area contributed by atoms with Crippen LogP contribution in [-0.4, -0.2) is 97.9 Å². The number of alkyl halides is 2. The maximum absolute atomic E-state index is 16.3. The van der Waals surface area contributed by atoms with Gasteiger partial charge in [-0.1, -0.05) is 12.2 Å². The van der Waals surface area contributed by atoms with Crippen LogP contribution in [0.25, 0.3) is 22.3 Å². The van der Waals surface area contributed by atoms with Gasteiger partial charge in [-0.2, -0.15) is 4.98 Å². The Hall–Kier alpha value is -2.87. The van der Waals surface area contributed by atoms with E-state index in [2.05, 4.69) is 42.2 Å². The summed E-state index contributed by atoms with van der Waals surface area (Å²) in [5.41, 5.74) is 7.48. The third-order valence-electron chi connectivity index (χ3n) is 7.28. The number of fused-ring (bicyclic) bond motifs is 2. The molecule has 226 valence electrons. The number of nitrogen functional groups attached to an aromatic ring is 2. The van der Waals surface area contributed by atoms with Gasteiger partial charge in [0.15, 0.2) is 35.0 Å². The molecule has 0 radical (unpaired) electrons. The van der Waals surface area contributed by atoms with Gasteiger partial charge in [-0.15, -0.1) is 11.8 Å². The molecule has 1 unspecified atom stereocenters. The molecule has 0 spiro atoms. The fourth-order valence-corrected chi connectivity index (χ4v) is 10.9. The Labute approximate surface area is 243 Å². The number of hydrogen-bond donors (Lipinski definition) is 6. The summed E-state index contributed by atoms with van der Waals surface area (Å²) in [4.78, 5) is 34.7. The fourth-order valence-electron chi connectivity index (χ4n) is 5.26. The van der Waals surface area contributed by atoms with E-state index < -0.39 is 73.1 Å². The first-order valence-corrected chi connectivity index (χ1v) is 16.4. The summed E-state index contributed by atoms with van der Waals surface area (Å²) in [7, 11) is 0. The quantitative estimate of drug-likeness (QED) is 0.113. The summed E-state index contributed by atoms with van der Waals surface area (Å²) in [5, 5.41) is 19.2. The van der Waals surface area contributed by atoms with Crippen LogP contribution in [0, 0.1) is 0 Å². The Morgan fingerprint density at radius 3 is 2.74 bits per heavy atom. The molecule has 0 bridgehead atoms. The molecule has 21 heteroatoms. The molecule has 2 saturated heterocycles. The largest absolute Gasteiger partial charge is 0.396 e. The molecule has 0 aliphatic carbocycles. The summed E-state index contributed by atoms with van der Waals surface area (Å²) in [6, 6.07) is 0. The third-order valence-corrected chi connectivity index (χ3v) is 12.0. The normalized spacial score (nSPS) is 31.3. The Morgan fingerprint density at radius 1 is 1.24 bits per heavy atom. The van der Waals surface area contributed by atoms with Crippen molar-refractivity contribution in [2.45, 2.75) is 47.7 Å². The van der Waals surface area contributed by atoms with Crippen LogP contribution >= 0.6 is 30.6 Å². The molecule has 8 atom stereocenters. The lowest BCUT2D eigenvalue weighted by Crippen LogP contribution is -2.40. The molecule has 42 heavy (non-hydrogen) atoms. The first-order chi connectivity index (χ1) is 19.9. The van der Waals surface area contributed by atoms with E-state index in [9.17, 15) is 19.6 Å². The van der Waals surface area contributed by atoms with E-state index in [0.717, 1.165) is 11.8 Å². The lowest BCUT2D eigenvalue weighted by molar-refractivity contribution is -0.0410. The first-order valence-electron chi connectivity index (χ1n) is 12.5. The van der Waals surface area contributed by atoms with E-state index in [0.29, 0.717) is 0 Å². The number of aromatic nitrogens is 8. The number of nitrogens with zero attached hydrogens (tertiary/aromatic N) is 7. The van der Waals surface area contributed by atoms with E-state index in [-0.39, 0.29) is 39.8 Å². The van der Waals surface area contributed by atoms with Crippen molar-refractivity contribution in [3.8, 4) is 0 Å². The van der Waals surface area contributed by atoms with Crippen LogP contribution in [-0.2, 0) is 13.8 Å². The predicted octanol–water partition coefficient (Wildman–Crippen LogP) is 0.565.